The number of nitrogens with zero attached hydrogens (tertiary/aromatic N) is 2. The molecule has 0 spiro atoms. The van der Waals surface area contributed by atoms with Gasteiger partial charge in [-0.2, -0.15) is 0 Å². The van der Waals surface area contributed by atoms with Crippen molar-refractivity contribution in [3.63, 3.8) is 0 Å². The number of nitrogens with one attached hydrogen (secondary N) is 3. The van der Waals surface area contributed by atoms with Gasteiger partial charge in [-0.25, -0.2) is 9.80 Å². The molecule has 0 saturated heterocycles. The topological polar surface area (TPSA) is 76.7 Å². The van der Waals surface area contributed by atoms with E-state index in [1.54, 1.807) is 29.2 Å². The minimum Gasteiger partial charge on any atom is -0.326 e. The molecule has 8 heteroatoms. The van der Waals surface area contributed by atoms with Gasteiger partial charge in [0.05, 0.1) is 5.69 Å². The van der Waals surface area contributed by atoms with Gasteiger partial charge >= 0.3 is 6.03 Å². The van der Waals surface area contributed by atoms with Crippen LogP contribution in [0.25, 0.3) is 0 Å². The number of halogens is 1. The Kier molecular flexibility index (Phi) is 6.30. The Hall–Kier alpha value is -3.55. The highest BCUT2D eigenvalue weighted by Gasteiger charge is 2.34. The third-order valence-electron chi connectivity index (χ3n) is 5.06. The van der Waals surface area contributed by atoms with Crippen LogP contribution in [0.3, 0.4) is 0 Å². The third kappa shape index (κ3) is 4.85. The normalized spacial score (nSPS) is 15.3. The maximum Gasteiger partial charge on any atom is 0.319 e. The Balaban J connectivity index is 1.56. The quantitative estimate of drug-likeness (QED) is 0.496. The van der Waals surface area contributed by atoms with E-state index in [-0.39, 0.29) is 5.91 Å². The van der Waals surface area contributed by atoms with E-state index < -0.39 is 12.1 Å². The predicted molar refractivity (Wildman–Crippen MR) is 128 cm³/mol. The van der Waals surface area contributed by atoms with Gasteiger partial charge in [-0.05, 0) is 60.2 Å². The summed E-state index contributed by atoms with van der Waals surface area (Å²) in [5.41, 5.74) is 7.23. The van der Waals surface area contributed by atoms with Crippen molar-refractivity contribution in [1.29, 1.82) is 0 Å². The molecule has 1 atom stereocenters. The summed E-state index contributed by atoms with van der Waals surface area (Å²) in [4.78, 5) is 27.7. The third-order valence-corrected chi connectivity index (χ3v) is 5.31. The molecule has 3 aromatic carbocycles. The average molecular weight is 450 g/mol. The lowest BCUT2D eigenvalue weighted by molar-refractivity contribution is -0.119. The fourth-order valence-electron chi connectivity index (χ4n) is 3.66. The zero-order chi connectivity index (χ0) is 22.7. The van der Waals surface area contributed by atoms with Crippen LogP contribution in [-0.2, 0) is 11.2 Å². The number of hydrogen-bond donors (Lipinski definition) is 3. The van der Waals surface area contributed by atoms with Crippen LogP contribution < -0.4 is 21.0 Å². The number of rotatable bonds is 5. The van der Waals surface area contributed by atoms with Crippen LogP contribution in [0.15, 0.2) is 72.8 Å². The zero-order valence-electron chi connectivity index (χ0n) is 17.8. The lowest BCUT2D eigenvalue weighted by Gasteiger charge is -2.34. The molecular weight excluding hydrogens is 426 g/mol. The first-order valence-corrected chi connectivity index (χ1v) is 10.6. The summed E-state index contributed by atoms with van der Waals surface area (Å²) >= 11 is 5.89. The highest BCUT2D eigenvalue weighted by atomic mass is 35.5. The molecule has 3 N–H and O–H groups in total. The van der Waals surface area contributed by atoms with Gasteiger partial charge in [-0.15, -0.1) is 0 Å². The number of amides is 3. The molecule has 0 radical (unpaired) electrons. The largest absolute Gasteiger partial charge is 0.326 e. The van der Waals surface area contributed by atoms with Gasteiger partial charge in [0.2, 0.25) is 0 Å². The predicted octanol–water partition coefficient (Wildman–Crippen LogP) is 4.64. The molecule has 0 saturated carbocycles. The van der Waals surface area contributed by atoms with Crippen molar-refractivity contribution >= 4 is 46.3 Å². The molecule has 1 unspecified atom stereocenters. The van der Waals surface area contributed by atoms with Crippen molar-refractivity contribution in [3.05, 3.63) is 83.4 Å². The van der Waals surface area contributed by atoms with E-state index in [0.717, 1.165) is 22.6 Å². The first kappa shape index (κ1) is 21.7. The molecule has 0 aromatic heterocycles. The van der Waals surface area contributed by atoms with E-state index in [9.17, 15) is 9.59 Å². The lowest BCUT2D eigenvalue weighted by Crippen LogP contribution is -2.52. The highest BCUT2D eigenvalue weighted by molar-refractivity contribution is 6.30. The van der Waals surface area contributed by atoms with Crippen LogP contribution in [0, 0.1) is 0 Å². The second kappa shape index (κ2) is 9.30. The number of hydrazine groups is 1. The number of hydrogen-bond acceptors (Lipinski definition) is 4. The molecule has 32 heavy (non-hydrogen) atoms. The molecule has 1 heterocycles. The summed E-state index contributed by atoms with van der Waals surface area (Å²) in [6.07, 6.45) is 0.416. The Labute approximate surface area is 191 Å². The molecule has 0 bridgehead atoms. The average Bonchev–Trinajstić information content (AvgIpc) is 2.76. The minimum absolute atomic E-state index is 0.191. The Morgan fingerprint density at radius 3 is 2.31 bits per heavy atom. The van der Waals surface area contributed by atoms with Crippen molar-refractivity contribution < 1.29 is 9.59 Å². The molecule has 1 aliphatic rings. The molecule has 3 amide bonds. The van der Waals surface area contributed by atoms with E-state index in [1.807, 2.05) is 67.6 Å². The van der Waals surface area contributed by atoms with Gasteiger partial charge in [0.15, 0.2) is 0 Å². The summed E-state index contributed by atoms with van der Waals surface area (Å²) in [5, 5.41) is 7.99. The van der Waals surface area contributed by atoms with Crippen LogP contribution in [0.4, 0.5) is 27.5 Å². The van der Waals surface area contributed by atoms with Gasteiger partial charge < -0.3 is 16.1 Å². The maximum absolute atomic E-state index is 13.4. The van der Waals surface area contributed by atoms with Gasteiger partial charge in [0.25, 0.3) is 5.91 Å². The van der Waals surface area contributed by atoms with E-state index in [4.69, 9.17) is 11.6 Å². The fourth-order valence-corrected chi connectivity index (χ4v) is 3.79. The molecule has 0 fully saturated rings. The highest BCUT2D eigenvalue weighted by Crippen LogP contribution is 2.34. The number of urea groups is 1. The Morgan fingerprint density at radius 2 is 1.62 bits per heavy atom. The first-order chi connectivity index (χ1) is 15.4. The van der Waals surface area contributed by atoms with Crippen molar-refractivity contribution in [1.82, 2.24) is 10.3 Å². The molecule has 1 aliphatic heterocycles. The van der Waals surface area contributed by atoms with Gasteiger partial charge in [0, 0.05) is 42.6 Å². The van der Waals surface area contributed by atoms with Crippen LogP contribution in [0.2, 0.25) is 5.02 Å². The van der Waals surface area contributed by atoms with Crippen molar-refractivity contribution in [2.45, 2.75) is 12.5 Å². The fraction of sp³-hybridized carbons (Fsp3) is 0.167. The number of carbonyl (C=O) groups is 2. The standard InChI is InChI=1S/C24H24ClN5O2/c1-29(2)28-19-11-13-20(14-12-19)30-22-6-4-3-5-16(22)15-21(23(30)31)27-24(32)26-18-9-7-17(25)8-10-18/h3-14,21,28H,15H2,1-2H3,(H2,26,27,32). The summed E-state index contributed by atoms with van der Waals surface area (Å²) in [7, 11) is 3.81. The van der Waals surface area contributed by atoms with Crippen LogP contribution in [0.5, 0.6) is 0 Å². The molecule has 7 nitrogen and oxygen atoms in total. The molecule has 0 aliphatic carbocycles. The van der Waals surface area contributed by atoms with Gasteiger partial charge in [-0.1, -0.05) is 29.8 Å². The Bertz CT molecular complexity index is 1120. The van der Waals surface area contributed by atoms with Crippen LogP contribution in [-0.4, -0.2) is 37.1 Å². The van der Waals surface area contributed by atoms with Crippen LogP contribution in [0.1, 0.15) is 5.56 Å². The molecule has 3 aromatic rings. The second-order valence-electron chi connectivity index (χ2n) is 7.72. The number of para-hydroxylation sites is 1. The second-order valence-corrected chi connectivity index (χ2v) is 8.15. The van der Waals surface area contributed by atoms with Crippen molar-refractivity contribution in [3.8, 4) is 0 Å². The zero-order valence-corrected chi connectivity index (χ0v) is 18.6. The summed E-state index contributed by atoms with van der Waals surface area (Å²) in [5.74, 6) is -0.191. The smallest absolute Gasteiger partial charge is 0.319 e. The van der Waals surface area contributed by atoms with Crippen LogP contribution >= 0.6 is 11.6 Å². The first-order valence-electron chi connectivity index (χ1n) is 10.2. The van der Waals surface area contributed by atoms with Crippen molar-refractivity contribution in [2.24, 2.45) is 0 Å². The van der Waals surface area contributed by atoms with Crippen molar-refractivity contribution in [2.75, 3.05) is 29.7 Å². The summed E-state index contributed by atoms with van der Waals surface area (Å²) < 4.78 is 0. The SMILES string of the molecule is CN(C)Nc1ccc(N2C(=O)C(NC(=O)Nc3ccc(Cl)cc3)Cc3ccccc32)cc1. The van der Waals surface area contributed by atoms with Gasteiger partial charge in [-0.3, -0.25) is 9.69 Å². The number of anilines is 4. The number of benzene rings is 3. The number of fused-ring (bicyclic) bond motifs is 1. The lowest BCUT2D eigenvalue weighted by atomic mass is 9.96. The maximum atomic E-state index is 13.4. The minimum atomic E-state index is -0.697. The van der Waals surface area contributed by atoms with Gasteiger partial charge in [0.1, 0.15) is 6.04 Å². The van der Waals surface area contributed by atoms with E-state index in [1.165, 1.54) is 0 Å². The Morgan fingerprint density at radius 1 is 0.969 bits per heavy atom. The number of carbonyl (C=O) groups excluding carboxylic acids is 2. The summed E-state index contributed by atoms with van der Waals surface area (Å²) in [6, 6.07) is 21.0. The molecular formula is C24H24ClN5O2. The van der Waals surface area contributed by atoms with E-state index in [2.05, 4.69) is 16.1 Å². The van der Waals surface area contributed by atoms with E-state index in [0.29, 0.717) is 17.1 Å². The molecule has 4 rings (SSSR count). The van der Waals surface area contributed by atoms with E-state index >= 15 is 0 Å². The monoisotopic (exact) mass is 449 g/mol. The summed E-state index contributed by atoms with van der Waals surface area (Å²) in [6.45, 7) is 0. The molecule has 164 valence electrons.